The number of nitrogens with one attached hydrogen (secondary N) is 3. The van der Waals surface area contributed by atoms with Crippen LogP contribution >= 0.6 is 0 Å². The SMILES string of the molecule is COc1ccc(F)c(S(=O)(=O)Nc2ccc(-c3cc4n[nH]c(C)c4c(Oc4ccc(=O)[nH]c4)n3)cc2)c1. The Morgan fingerprint density at radius 1 is 1.00 bits per heavy atom. The second kappa shape index (κ2) is 9.39. The predicted molar refractivity (Wildman–Crippen MR) is 135 cm³/mol. The van der Waals surface area contributed by atoms with Crippen molar-refractivity contribution in [1.82, 2.24) is 20.2 Å². The van der Waals surface area contributed by atoms with E-state index in [1.807, 2.05) is 6.92 Å². The summed E-state index contributed by atoms with van der Waals surface area (Å²) in [5, 5.41) is 7.89. The van der Waals surface area contributed by atoms with Crippen LogP contribution in [-0.4, -0.2) is 35.7 Å². The van der Waals surface area contributed by atoms with E-state index in [0.29, 0.717) is 27.9 Å². The Morgan fingerprint density at radius 2 is 1.76 bits per heavy atom. The molecule has 10 nitrogen and oxygen atoms in total. The van der Waals surface area contributed by atoms with Crippen molar-refractivity contribution in [3.05, 3.63) is 88.7 Å². The molecule has 0 bridgehead atoms. The fourth-order valence-electron chi connectivity index (χ4n) is 3.68. The second-order valence-corrected chi connectivity index (χ2v) is 9.68. The van der Waals surface area contributed by atoms with E-state index in [0.717, 1.165) is 17.8 Å². The summed E-state index contributed by atoms with van der Waals surface area (Å²) in [6.07, 6.45) is 1.43. The molecule has 0 fully saturated rings. The summed E-state index contributed by atoms with van der Waals surface area (Å²) in [7, 11) is -2.84. The molecule has 2 aromatic carbocycles. The number of aryl methyl sites for hydroxylation is 1. The molecule has 3 aromatic heterocycles. The highest BCUT2D eigenvalue weighted by Crippen LogP contribution is 2.33. The Morgan fingerprint density at radius 3 is 2.46 bits per heavy atom. The number of nitrogens with zero attached hydrogens (tertiary/aromatic N) is 2. The lowest BCUT2D eigenvalue weighted by Crippen LogP contribution is -2.14. The average Bonchev–Trinajstić information content (AvgIpc) is 3.26. The molecule has 0 aliphatic carbocycles. The van der Waals surface area contributed by atoms with Crippen LogP contribution < -0.4 is 19.8 Å². The molecule has 0 saturated carbocycles. The third-order valence-electron chi connectivity index (χ3n) is 5.52. The van der Waals surface area contributed by atoms with Crippen LogP contribution in [0, 0.1) is 12.7 Å². The van der Waals surface area contributed by atoms with Crippen molar-refractivity contribution in [1.29, 1.82) is 0 Å². The smallest absolute Gasteiger partial charge is 0.264 e. The zero-order valence-electron chi connectivity index (χ0n) is 19.6. The Labute approximate surface area is 210 Å². The Bertz CT molecular complexity index is 1760. The first-order valence-corrected chi connectivity index (χ1v) is 12.4. The fraction of sp³-hybridized carbons (Fsp3) is 0.0800. The third-order valence-corrected chi connectivity index (χ3v) is 6.91. The molecule has 0 unspecified atom stereocenters. The number of rotatable bonds is 7. The van der Waals surface area contributed by atoms with Crippen LogP contribution in [0.2, 0.25) is 0 Å². The lowest BCUT2D eigenvalue weighted by molar-refractivity contribution is 0.411. The van der Waals surface area contributed by atoms with Crippen molar-refractivity contribution < 1.29 is 22.3 Å². The van der Waals surface area contributed by atoms with E-state index in [1.54, 1.807) is 18.2 Å². The van der Waals surface area contributed by atoms with E-state index in [4.69, 9.17) is 9.47 Å². The summed E-state index contributed by atoms with van der Waals surface area (Å²) in [5.41, 5.74) is 2.51. The molecule has 5 rings (SSSR count). The average molecular weight is 522 g/mol. The molecule has 188 valence electrons. The Hall–Kier alpha value is -4.71. The minimum absolute atomic E-state index is 0.215. The van der Waals surface area contributed by atoms with Crippen LogP contribution in [0.3, 0.4) is 0 Å². The zero-order valence-corrected chi connectivity index (χ0v) is 20.4. The van der Waals surface area contributed by atoms with Crippen molar-refractivity contribution in [3.8, 4) is 28.6 Å². The van der Waals surface area contributed by atoms with Crippen LogP contribution in [0.25, 0.3) is 22.2 Å². The summed E-state index contributed by atoms with van der Waals surface area (Å²) in [4.78, 5) is 18.0. The summed E-state index contributed by atoms with van der Waals surface area (Å²) < 4.78 is 53.1. The monoisotopic (exact) mass is 521 g/mol. The molecule has 0 aliphatic heterocycles. The van der Waals surface area contributed by atoms with Gasteiger partial charge in [0.05, 0.1) is 23.7 Å². The lowest BCUT2D eigenvalue weighted by atomic mass is 10.1. The Balaban J connectivity index is 1.46. The van der Waals surface area contributed by atoms with Gasteiger partial charge >= 0.3 is 0 Å². The van der Waals surface area contributed by atoms with Crippen LogP contribution in [0.5, 0.6) is 17.4 Å². The number of sulfonamides is 1. The maximum absolute atomic E-state index is 14.2. The molecule has 0 aliphatic rings. The van der Waals surface area contributed by atoms with Gasteiger partial charge in [0, 0.05) is 35.3 Å². The van der Waals surface area contributed by atoms with E-state index >= 15 is 0 Å². The number of anilines is 1. The first-order valence-electron chi connectivity index (χ1n) is 10.9. The largest absolute Gasteiger partial charge is 0.497 e. The summed E-state index contributed by atoms with van der Waals surface area (Å²) >= 11 is 0. The van der Waals surface area contributed by atoms with E-state index in [-0.39, 0.29) is 22.9 Å². The van der Waals surface area contributed by atoms with Crippen LogP contribution in [0.15, 0.2) is 76.6 Å². The molecule has 12 heteroatoms. The molecule has 3 heterocycles. The van der Waals surface area contributed by atoms with Gasteiger partial charge in [0.2, 0.25) is 11.4 Å². The maximum Gasteiger partial charge on any atom is 0.264 e. The highest BCUT2D eigenvalue weighted by Gasteiger charge is 2.21. The number of hydrogen-bond donors (Lipinski definition) is 3. The van der Waals surface area contributed by atoms with Gasteiger partial charge in [0.15, 0.2) is 0 Å². The lowest BCUT2D eigenvalue weighted by Gasteiger charge is -2.11. The van der Waals surface area contributed by atoms with Crippen molar-refractivity contribution in [3.63, 3.8) is 0 Å². The molecular weight excluding hydrogens is 501 g/mol. The van der Waals surface area contributed by atoms with E-state index in [2.05, 4.69) is 24.9 Å². The topological polar surface area (TPSA) is 139 Å². The maximum atomic E-state index is 14.2. The molecule has 0 radical (unpaired) electrons. The summed E-state index contributed by atoms with van der Waals surface area (Å²) in [6.45, 7) is 1.84. The van der Waals surface area contributed by atoms with Gasteiger partial charge in [-0.25, -0.2) is 17.8 Å². The molecule has 37 heavy (non-hydrogen) atoms. The second-order valence-electron chi connectivity index (χ2n) is 8.03. The van der Waals surface area contributed by atoms with Crippen molar-refractivity contribution >= 4 is 26.6 Å². The first kappa shape index (κ1) is 24.0. The third kappa shape index (κ3) is 4.86. The van der Waals surface area contributed by atoms with E-state index in [9.17, 15) is 17.6 Å². The molecule has 0 amide bonds. The molecule has 0 spiro atoms. The number of aromatic nitrogens is 4. The van der Waals surface area contributed by atoms with Gasteiger partial charge < -0.3 is 14.5 Å². The molecule has 0 saturated heterocycles. The molecule has 0 atom stereocenters. The number of methoxy groups -OCH3 is 1. The van der Waals surface area contributed by atoms with E-state index in [1.165, 1.54) is 43.6 Å². The number of hydrogen-bond acceptors (Lipinski definition) is 7. The zero-order chi connectivity index (χ0) is 26.2. The van der Waals surface area contributed by atoms with Crippen molar-refractivity contribution in [2.45, 2.75) is 11.8 Å². The number of H-pyrrole nitrogens is 2. The van der Waals surface area contributed by atoms with Gasteiger partial charge in [-0.05, 0) is 43.3 Å². The Kier molecular flexibility index (Phi) is 6.09. The number of fused-ring (bicyclic) bond motifs is 1. The molecular formula is C25H20FN5O5S. The quantitative estimate of drug-likeness (QED) is 0.289. The predicted octanol–water partition coefficient (Wildman–Crippen LogP) is 4.36. The van der Waals surface area contributed by atoms with Gasteiger partial charge in [-0.15, -0.1) is 0 Å². The number of benzene rings is 2. The molecule has 5 aromatic rings. The number of halogens is 1. The minimum Gasteiger partial charge on any atom is -0.497 e. The van der Waals surface area contributed by atoms with Gasteiger partial charge in [-0.2, -0.15) is 5.10 Å². The highest BCUT2D eigenvalue weighted by molar-refractivity contribution is 7.92. The summed E-state index contributed by atoms with van der Waals surface area (Å²) in [6, 6.07) is 14.5. The standard InChI is InChI=1S/C25H20FN5O5S/c1-14-24-21(30-29-14)12-20(28-25(24)36-18-8-10-23(32)27-13-18)15-3-5-16(6-4-15)31-37(33,34)22-11-17(35-2)7-9-19(22)26/h3-13,31H,1-2H3,(H,27,32)(H,29,30). The van der Waals surface area contributed by atoms with Gasteiger partial charge in [-0.3, -0.25) is 14.6 Å². The number of pyridine rings is 2. The van der Waals surface area contributed by atoms with Crippen molar-refractivity contribution in [2.75, 3.05) is 11.8 Å². The van der Waals surface area contributed by atoms with Gasteiger partial charge in [0.25, 0.3) is 10.0 Å². The number of ether oxygens (including phenoxy) is 2. The summed E-state index contributed by atoms with van der Waals surface area (Å²) in [5.74, 6) is -0.0106. The number of aromatic amines is 2. The minimum atomic E-state index is -4.20. The first-order chi connectivity index (χ1) is 17.7. The normalized spacial score (nSPS) is 11.4. The highest BCUT2D eigenvalue weighted by atomic mass is 32.2. The van der Waals surface area contributed by atoms with Gasteiger partial charge in [-0.1, -0.05) is 12.1 Å². The van der Waals surface area contributed by atoms with Crippen molar-refractivity contribution in [2.24, 2.45) is 0 Å². The fourth-order valence-corrected chi connectivity index (χ4v) is 4.83. The van der Waals surface area contributed by atoms with Crippen LogP contribution in [0.4, 0.5) is 10.1 Å². The van der Waals surface area contributed by atoms with Crippen LogP contribution in [0.1, 0.15) is 5.69 Å². The van der Waals surface area contributed by atoms with Crippen LogP contribution in [-0.2, 0) is 10.0 Å². The van der Waals surface area contributed by atoms with E-state index < -0.39 is 20.7 Å². The van der Waals surface area contributed by atoms with Gasteiger partial charge in [0.1, 0.15) is 22.2 Å². The molecule has 3 N–H and O–H groups in total.